The minimum absolute atomic E-state index is 0.0374. The molecule has 138 valence electrons. The van der Waals surface area contributed by atoms with Gasteiger partial charge < -0.3 is 15.8 Å². The molecule has 0 spiro atoms. The monoisotopic (exact) mass is 354 g/mol. The molecule has 0 bridgehead atoms. The molecule has 1 fully saturated rings. The normalized spacial score (nSPS) is 15.6. The van der Waals surface area contributed by atoms with Crippen molar-refractivity contribution in [3.63, 3.8) is 0 Å². The van der Waals surface area contributed by atoms with E-state index in [4.69, 9.17) is 10.5 Å². The standard InChI is InChI=1S/C20H26N4O2/c1-26-19-13-17(21)7-8-18(19)22-20(25)15-24-11-9-23(10-12-24)14-16-5-3-2-4-6-16/h2-8,13H,9-12,14-15,21H2,1H3,(H,22,25). The van der Waals surface area contributed by atoms with E-state index in [1.807, 2.05) is 6.07 Å². The van der Waals surface area contributed by atoms with Crippen LogP contribution >= 0.6 is 0 Å². The molecule has 1 aliphatic heterocycles. The first-order chi connectivity index (χ1) is 12.6. The number of methoxy groups -OCH3 is 1. The molecule has 0 atom stereocenters. The van der Waals surface area contributed by atoms with Gasteiger partial charge in [0, 0.05) is 44.5 Å². The molecular formula is C20H26N4O2. The van der Waals surface area contributed by atoms with E-state index >= 15 is 0 Å². The van der Waals surface area contributed by atoms with E-state index in [1.165, 1.54) is 5.56 Å². The summed E-state index contributed by atoms with van der Waals surface area (Å²) < 4.78 is 5.27. The molecule has 3 N–H and O–H groups in total. The van der Waals surface area contributed by atoms with Gasteiger partial charge in [-0.25, -0.2) is 0 Å². The second-order valence-electron chi connectivity index (χ2n) is 6.55. The Kier molecular flexibility index (Phi) is 6.09. The van der Waals surface area contributed by atoms with E-state index in [0.29, 0.717) is 23.7 Å². The van der Waals surface area contributed by atoms with Crippen LogP contribution in [0.15, 0.2) is 48.5 Å². The van der Waals surface area contributed by atoms with Crippen molar-refractivity contribution in [2.45, 2.75) is 6.54 Å². The molecule has 0 saturated carbocycles. The third kappa shape index (κ3) is 4.97. The number of anilines is 2. The number of hydrogen-bond acceptors (Lipinski definition) is 5. The number of amides is 1. The van der Waals surface area contributed by atoms with E-state index in [9.17, 15) is 4.79 Å². The molecule has 1 heterocycles. The quantitative estimate of drug-likeness (QED) is 0.777. The van der Waals surface area contributed by atoms with Crippen molar-refractivity contribution in [2.24, 2.45) is 0 Å². The van der Waals surface area contributed by atoms with Crippen LogP contribution in [0.25, 0.3) is 0 Å². The SMILES string of the molecule is COc1cc(N)ccc1NC(=O)CN1CCN(Cc2ccccc2)CC1. The summed E-state index contributed by atoms with van der Waals surface area (Å²) in [7, 11) is 1.57. The smallest absolute Gasteiger partial charge is 0.238 e. The Morgan fingerprint density at radius 2 is 1.77 bits per heavy atom. The van der Waals surface area contributed by atoms with E-state index in [0.717, 1.165) is 32.7 Å². The van der Waals surface area contributed by atoms with Gasteiger partial charge in [0.2, 0.25) is 5.91 Å². The highest BCUT2D eigenvalue weighted by Crippen LogP contribution is 2.26. The lowest BCUT2D eigenvalue weighted by atomic mass is 10.2. The van der Waals surface area contributed by atoms with Crippen LogP contribution in [-0.4, -0.2) is 55.5 Å². The molecule has 2 aromatic rings. The van der Waals surface area contributed by atoms with Gasteiger partial charge in [0.1, 0.15) is 5.75 Å². The van der Waals surface area contributed by atoms with Gasteiger partial charge in [-0.2, -0.15) is 0 Å². The first-order valence-corrected chi connectivity index (χ1v) is 8.86. The second kappa shape index (κ2) is 8.69. The summed E-state index contributed by atoms with van der Waals surface area (Å²) >= 11 is 0. The third-order valence-corrected chi connectivity index (χ3v) is 4.58. The van der Waals surface area contributed by atoms with E-state index in [-0.39, 0.29) is 5.91 Å². The average Bonchev–Trinajstić information content (AvgIpc) is 2.65. The predicted molar refractivity (Wildman–Crippen MR) is 104 cm³/mol. The fourth-order valence-corrected chi connectivity index (χ4v) is 3.15. The van der Waals surface area contributed by atoms with Crippen molar-refractivity contribution in [3.05, 3.63) is 54.1 Å². The maximum absolute atomic E-state index is 12.4. The molecule has 6 nitrogen and oxygen atoms in total. The number of nitrogen functional groups attached to an aromatic ring is 1. The molecular weight excluding hydrogens is 328 g/mol. The van der Waals surface area contributed by atoms with Gasteiger partial charge >= 0.3 is 0 Å². The second-order valence-corrected chi connectivity index (χ2v) is 6.55. The molecule has 6 heteroatoms. The molecule has 0 radical (unpaired) electrons. The van der Waals surface area contributed by atoms with E-state index in [1.54, 1.807) is 25.3 Å². The largest absolute Gasteiger partial charge is 0.494 e. The Labute approximate surface area is 154 Å². The zero-order valence-corrected chi connectivity index (χ0v) is 15.1. The summed E-state index contributed by atoms with van der Waals surface area (Å²) in [6.45, 7) is 5.05. The van der Waals surface area contributed by atoms with Crippen LogP contribution in [0.2, 0.25) is 0 Å². The molecule has 0 aromatic heterocycles. The predicted octanol–water partition coefficient (Wildman–Crippen LogP) is 2.03. The van der Waals surface area contributed by atoms with Crippen LogP contribution in [0.5, 0.6) is 5.75 Å². The zero-order valence-electron chi connectivity index (χ0n) is 15.1. The number of carbonyl (C=O) groups excluding carboxylic acids is 1. The Morgan fingerprint density at radius 3 is 2.46 bits per heavy atom. The number of carbonyl (C=O) groups is 1. The lowest BCUT2D eigenvalue weighted by Gasteiger charge is -2.34. The summed E-state index contributed by atoms with van der Waals surface area (Å²) in [4.78, 5) is 17.0. The van der Waals surface area contributed by atoms with Gasteiger partial charge in [0.25, 0.3) is 0 Å². The molecule has 1 saturated heterocycles. The fourth-order valence-electron chi connectivity index (χ4n) is 3.15. The molecule has 1 aliphatic rings. The number of ether oxygens (including phenoxy) is 1. The van der Waals surface area contributed by atoms with Crippen LogP contribution < -0.4 is 15.8 Å². The maximum atomic E-state index is 12.4. The van der Waals surface area contributed by atoms with Crippen LogP contribution in [0, 0.1) is 0 Å². The Balaban J connectivity index is 1.46. The lowest BCUT2D eigenvalue weighted by Crippen LogP contribution is -2.48. The molecule has 26 heavy (non-hydrogen) atoms. The molecule has 0 unspecified atom stereocenters. The third-order valence-electron chi connectivity index (χ3n) is 4.58. The van der Waals surface area contributed by atoms with Crippen molar-refractivity contribution < 1.29 is 9.53 Å². The minimum Gasteiger partial charge on any atom is -0.494 e. The number of benzene rings is 2. The molecule has 3 rings (SSSR count). The highest BCUT2D eigenvalue weighted by atomic mass is 16.5. The first kappa shape index (κ1) is 18.2. The van der Waals surface area contributed by atoms with Crippen molar-refractivity contribution in [3.8, 4) is 5.75 Å². The van der Waals surface area contributed by atoms with E-state index < -0.39 is 0 Å². The number of nitrogens with zero attached hydrogens (tertiary/aromatic N) is 2. The summed E-state index contributed by atoms with van der Waals surface area (Å²) in [6, 6.07) is 15.7. The van der Waals surface area contributed by atoms with Gasteiger partial charge in [-0.1, -0.05) is 30.3 Å². The molecule has 2 aromatic carbocycles. The number of nitrogens with one attached hydrogen (secondary N) is 1. The first-order valence-electron chi connectivity index (χ1n) is 8.86. The van der Waals surface area contributed by atoms with Crippen LogP contribution in [0.4, 0.5) is 11.4 Å². The number of rotatable bonds is 6. The maximum Gasteiger partial charge on any atom is 0.238 e. The summed E-state index contributed by atoms with van der Waals surface area (Å²) in [6.07, 6.45) is 0. The van der Waals surface area contributed by atoms with Crippen molar-refractivity contribution in [1.29, 1.82) is 0 Å². The van der Waals surface area contributed by atoms with Gasteiger partial charge in [0.05, 0.1) is 19.3 Å². The molecule has 0 aliphatic carbocycles. The summed E-state index contributed by atoms with van der Waals surface area (Å²) in [5, 5.41) is 2.91. The van der Waals surface area contributed by atoms with E-state index in [2.05, 4.69) is 39.4 Å². The zero-order chi connectivity index (χ0) is 18.4. The number of piperazine rings is 1. The highest BCUT2D eigenvalue weighted by Gasteiger charge is 2.19. The van der Waals surface area contributed by atoms with Crippen molar-refractivity contribution in [1.82, 2.24) is 9.80 Å². The summed E-state index contributed by atoms with van der Waals surface area (Å²) in [5.41, 5.74) is 8.33. The van der Waals surface area contributed by atoms with Gasteiger partial charge in [-0.05, 0) is 17.7 Å². The van der Waals surface area contributed by atoms with Crippen molar-refractivity contribution >= 4 is 17.3 Å². The van der Waals surface area contributed by atoms with Crippen LogP contribution in [-0.2, 0) is 11.3 Å². The van der Waals surface area contributed by atoms with Gasteiger partial charge in [-0.15, -0.1) is 0 Å². The topological polar surface area (TPSA) is 70.8 Å². The Bertz CT molecular complexity index is 728. The minimum atomic E-state index is -0.0374. The number of nitrogens with two attached hydrogens (primary N) is 1. The average molecular weight is 354 g/mol. The lowest BCUT2D eigenvalue weighted by molar-refractivity contribution is -0.117. The number of hydrogen-bond donors (Lipinski definition) is 2. The summed E-state index contributed by atoms with van der Waals surface area (Å²) in [5.74, 6) is 0.538. The van der Waals surface area contributed by atoms with Crippen LogP contribution in [0.3, 0.4) is 0 Å². The Morgan fingerprint density at radius 1 is 1.08 bits per heavy atom. The van der Waals surface area contributed by atoms with Gasteiger partial charge in [0.15, 0.2) is 0 Å². The van der Waals surface area contributed by atoms with Crippen molar-refractivity contribution in [2.75, 3.05) is 50.9 Å². The van der Waals surface area contributed by atoms with Crippen LogP contribution in [0.1, 0.15) is 5.56 Å². The Hall–Kier alpha value is -2.57. The van der Waals surface area contributed by atoms with Gasteiger partial charge in [-0.3, -0.25) is 14.6 Å². The fraction of sp³-hybridized carbons (Fsp3) is 0.350. The molecule has 1 amide bonds. The highest BCUT2D eigenvalue weighted by molar-refractivity contribution is 5.94.